The first kappa shape index (κ1) is 13.9. The molecule has 0 aliphatic carbocycles. The summed E-state index contributed by atoms with van der Waals surface area (Å²) in [6.07, 6.45) is 2.64. The summed E-state index contributed by atoms with van der Waals surface area (Å²) in [4.78, 5) is 2.52. The number of piperidine rings is 1. The minimum absolute atomic E-state index is 0.433. The van der Waals surface area contributed by atoms with Gasteiger partial charge in [0, 0.05) is 14.2 Å². The fraction of sp³-hybridized carbons (Fsp3) is 1.00. The van der Waals surface area contributed by atoms with Crippen LogP contribution in [-0.4, -0.2) is 51.5 Å². The fourth-order valence-electron chi connectivity index (χ4n) is 2.59. The number of nitrogens with zero attached hydrogens (tertiary/aromatic N) is 1. The van der Waals surface area contributed by atoms with Gasteiger partial charge >= 0.3 is 0 Å². The maximum atomic E-state index is 5.26. The van der Waals surface area contributed by atoms with E-state index in [1.54, 1.807) is 14.2 Å². The molecule has 1 saturated heterocycles. The van der Waals surface area contributed by atoms with E-state index in [2.05, 4.69) is 18.7 Å². The third-order valence-electron chi connectivity index (χ3n) is 3.75. The van der Waals surface area contributed by atoms with Gasteiger partial charge in [0.25, 0.3) is 0 Å². The predicted molar refractivity (Wildman–Crippen MR) is 66.7 cm³/mol. The highest BCUT2D eigenvalue weighted by atomic mass is 16.5. The van der Waals surface area contributed by atoms with Crippen molar-refractivity contribution in [3.05, 3.63) is 0 Å². The number of hydrogen-bond donors (Lipinski definition) is 0. The molecule has 0 amide bonds. The summed E-state index contributed by atoms with van der Waals surface area (Å²) in [6.45, 7) is 8.62. The Morgan fingerprint density at radius 1 is 1.06 bits per heavy atom. The normalized spacial score (nSPS) is 19.9. The van der Waals surface area contributed by atoms with E-state index < -0.39 is 0 Å². The highest BCUT2D eigenvalue weighted by molar-refractivity contribution is 4.79. The zero-order chi connectivity index (χ0) is 12.0. The van der Waals surface area contributed by atoms with E-state index in [0.717, 1.165) is 25.0 Å². The molecular formula is C13H27NO2. The molecule has 1 rings (SSSR count). The molecule has 0 spiro atoms. The molecular weight excluding hydrogens is 202 g/mol. The van der Waals surface area contributed by atoms with Crippen molar-refractivity contribution >= 4 is 0 Å². The standard InChI is InChI=1S/C13H27NO2/c1-11(2)12-5-7-14(8-6-12)13(9-15-3)10-16-4/h11-13H,5-10H2,1-4H3. The summed E-state index contributed by atoms with van der Waals surface area (Å²) in [5.74, 6) is 1.73. The number of ether oxygens (including phenoxy) is 2. The summed E-state index contributed by atoms with van der Waals surface area (Å²) in [6, 6.07) is 0.433. The van der Waals surface area contributed by atoms with Crippen molar-refractivity contribution in [1.29, 1.82) is 0 Å². The molecule has 0 atom stereocenters. The average Bonchev–Trinajstić information content (AvgIpc) is 2.29. The summed E-state index contributed by atoms with van der Waals surface area (Å²) >= 11 is 0. The van der Waals surface area contributed by atoms with Crippen LogP contribution in [0.5, 0.6) is 0 Å². The van der Waals surface area contributed by atoms with Crippen LogP contribution >= 0.6 is 0 Å². The number of likely N-dealkylation sites (tertiary alicyclic amines) is 1. The number of rotatable bonds is 6. The van der Waals surface area contributed by atoms with E-state index >= 15 is 0 Å². The Labute approximate surface area is 100 Å². The van der Waals surface area contributed by atoms with Crippen molar-refractivity contribution in [3.8, 4) is 0 Å². The molecule has 1 aliphatic rings. The molecule has 0 unspecified atom stereocenters. The van der Waals surface area contributed by atoms with Crippen LogP contribution in [0, 0.1) is 11.8 Å². The van der Waals surface area contributed by atoms with Crippen molar-refractivity contribution in [2.24, 2.45) is 11.8 Å². The monoisotopic (exact) mass is 229 g/mol. The Kier molecular flexibility index (Phi) is 6.32. The van der Waals surface area contributed by atoms with Crippen LogP contribution in [0.3, 0.4) is 0 Å². The quantitative estimate of drug-likeness (QED) is 0.695. The van der Waals surface area contributed by atoms with Crippen LogP contribution in [0.25, 0.3) is 0 Å². The lowest BCUT2D eigenvalue weighted by Gasteiger charge is -2.38. The minimum Gasteiger partial charge on any atom is -0.383 e. The topological polar surface area (TPSA) is 21.7 Å². The van der Waals surface area contributed by atoms with Crippen LogP contribution in [0.2, 0.25) is 0 Å². The van der Waals surface area contributed by atoms with Gasteiger partial charge in [-0.15, -0.1) is 0 Å². The van der Waals surface area contributed by atoms with Crippen LogP contribution in [-0.2, 0) is 9.47 Å². The Morgan fingerprint density at radius 2 is 1.56 bits per heavy atom. The van der Waals surface area contributed by atoms with Gasteiger partial charge in [-0.2, -0.15) is 0 Å². The van der Waals surface area contributed by atoms with Gasteiger partial charge in [0.1, 0.15) is 0 Å². The summed E-state index contributed by atoms with van der Waals surface area (Å²) < 4.78 is 10.5. The molecule has 0 aromatic carbocycles. The van der Waals surface area contributed by atoms with Gasteiger partial charge in [-0.1, -0.05) is 13.8 Å². The smallest absolute Gasteiger partial charge is 0.0640 e. The SMILES string of the molecule is COCC(COC)N1CCC(C(C)C)CC1. The molecule has 0 saturated carbocycles. The molecule has 3 nitrogen and oxygen atoms in total. The first-order chi connectivity index (χ1) is 7.69. The zero-order valence-corrected chi connectivity index (χ0v) is 11.2. The molecule has 3 heteroatoms. The van der Waals surface area contributed by atoms with Gasteiger partial charge < -0.3 is 9.47 Å². The Bertz CT molecular complexity index is 171. The van der Waals surface area contributed by atoms with E-state index in [1.165, 1.54) is 25.9 Å². The summed E-state index contributed by atoms with van der Waals surface area (Å²) in [5.41, 5.74) is 0. The van der Waals surface area contributed by atoms with E-state index in [9.17, 15) is 0 Å². The second-order valence-corrected chi connectivity index (χ2v) is 5.18. The van der Waals surface area contributed by atoms with Crippen LogP contribution < -0.4 is 0 Å². The van der Waals surface area contributed by atoms with E-state index in [4.69, 9.17) is 9.47 Å². The fourth-order valence-corrected chi connectivity index (χ4v) is 2.59. The van der Waals surface area contributed by atoms with Crippen molar-refractivity contribution in [2.45, 2.75) is 32.7 Å². The van der Waals surface area contributed by atoms with Gasteiger partial charge in [0.2, 0.25) is 0 Å². The summed E-state index contributed by atoms with van der Waals surface area (Å²) in [7, 11) is 3.53. The van der Waals surface area contributed by atoms with Crippen molar-refractivity contribution in [2.75, 3.05) is 40.5 Å². The third-order valence-corrected chi connectivity index (χ3v) is 3.75. The first-order valence-corrected chi connectivity index (χ1v) is 6.41. The Morgan fingerprint density at radius 3 is 1.94 bits per heavy atom. The van der Waals surface area contributed by atoms with E-state index in [1.807, 2.05) is 0 Å². The van der Waals surface area contributed by atoms with Gasteiger partial charge in [-0.25, -0.2) is 0 Å². The second kappa shape index (κ2) is 7.25. The van der Waals surface area contributed by atoms with E-state index in [0.29, 0.717) is 6.04 Å². The maximum absolute atomic E-state index is 5.26. The number of methoxy groups -OCH3 is 2. The maximum Gasteiger partial charge on any atom is 0.0640 e. The molecule has 0 radical (unpaired) electrons. The molecule has 1 heterocycles. The highest BCUT2D eigenvalue weighted by Crippen LogP contribution is 2.25. The van der Waals surface area contributed by atoms with Crippen LogP contribution in [0.15, 0.2) is 0 Å². The Hall–Kier alpha value is -0.120. The largest absolute Gasteiger partial charge is 0.383 e. The van der Waals surface area contributed by atoms with E-state index in [-0.39, 0.29) is 0 Å². The summed E-state index contributed by atoms with van der Waals surface area (Å²) in [5, 5.41) is 0. The lowest BCUT2D eigenvalue weighted by atomic mass is 9.86. The first-order valence-electron chi connectivity index (χ1n) is 6.41. The molecule has 0 N–H and O–H groups in total. The molecule has 96 valence electrons. The van der Waals surface area contributed by atoms with Gasteiger partial charge in [0.15, 0.2) is 0 Å². The lowest BCUT2D eigenvalue weighted by molar-refractivity contribution is 0.0153. The van der Waals surface area contributed by atoms with Gasteiger partial charge in [-0.3, -0.25) is 4.90 Å². The third kappa shape index (κ3) is 4.04. The van der Waals surface area contributed by atoms with Crippen molar-refractivity contribution in [3.63, 3.8) is 0 Å². The predicted octanol–water partition coefficient (Wildman–Crippen LogP) is 2.02. The van der Waals surface area contributed by atoms with Gasteiger partial charge in [-0.05, 0) is 37.8 Å². The number of hydrogen-bond acceptors (Lipinski definition) is 3. The average molecular weight is 229 g/mol. The lowest BCUT2D eigenvalue weighted by Crippen LogP contribution is -2.46. The molecule has 0 aromatic heterocycles. The Balaban J connectivity index is 2.37. The van der Waals surface area contributed by atoms with Crippen molar-refractivity contribution < 1.29 is 9.47 Å². The van der Waals surface area contributed by atoms with Gasteiger partial charge in [0.05, 0.1) is 19.3 Å². The molecule has 1 fully saturated rings. The molecule has 0 bridgehead atoms. The second-order valence-electron chi connectivity index (χ2n) is 5.18. The van der Waals surface area contributed by atoms with Crippen LogP contribution in [0.1, 0.15) is 26.7 Å². The minimum atomic E-state index is 0.433. The van der Waals surface area contributed by atoms with Crippen molar-refractivity contribution in [1.82, 2.24) is 4.90 Å². The molecule has 1 aliphatic heterocycles. The zero-order valence-electron chi connectivity index (χ0n) is 11.2. The van der Waals surface area contributed by atoms with Crippen LogP contribution in [0.4, 0.5) is 0 Å². The molecule has 16 heavy (non-hydrogen) atoms. The highest BCUT2D eigenvalue weighted by Gasteiger charge is 2.26. The molecule has 0 aromatic rings.